The fraction of sp³-hybridized carbons (Fsp3) is 0.833. The third kappa shape index (κ3) is 1.42. The predicted octanol–water partition coefficient (Wildman–Crippen LogP) is -0.529. The van der Waals surface area contributed by atoms with Crippen LogP contribution < -0.4 is 11.1 Å². The minimum absolute atomic E-state index is 0.0822. The van der Waals surface area contributed by atoms with E-state index >= 15 is 0 Å². The van der Waals surface area contributed by atoms with Gasteiger partial charge in [0, 0.05) is 13.1 Å². The molecule has 1 heterocycles. The van der Waals surface area contributed by atoms with Gasteiger partial charge < -0.3 is 11.1 Å². The summed E-state index contributed by atoms with van der Waals surface area (Å²) < 4.78 is 0. The molecule has 3 heteroatoms. The standard InChI is InChI=1S/C6H12N2O/c7-4-5-2-1-3-8-6(5)9/h5H,1-4,7H2,(H,8,9). The van der Waals surface area contributed by atoms with Gasteiger partial charge >= 0.3 is 0 Å². The molecule has 0 radical (unpaired) electrons. The lowest BCUT2D eigenvalue weighted by molar-refractivity contribution is -0.126. The number of piperidine rings is 1. The van der Waals surface area contributed by atoms with E-state index in [-0.39, 0.29) is 11.8 Å². The average Bonchev–Trinajstić information content (AvgIpc) is 1.89. The number of hydrogen-bond acceptors (Lipinski definition) is 2. The van der Waals surface area contributed by atoms with Crippen molar-refractivity contribution in [2.45, 2.75) is 12.8 Å². The molecule has 9 heavy (non-hydrogen) atoms. The molecule has 0 aromatic carbocycles. The van der Waals surface area contributed by atoms with Gasteiger partial charge in [-0.2, -0.15) is 0 Å². The van der Waals surface area contributed by atoms with E-state index in [1.165, 1.54) is 0 Å². The van der Waals surface area contributed by atoms with Crippen molar-refractivity contribution in [1.29, 1.82) is 0 Å². The highest BCUT2D eigenvalue weighted by atomic mass is 16.1. The van der Waals surface area contributed by atoms with E-state index in [0.29, 0.717) is 6.54 Å². The molecule has 1 aliphatic heterocycles. The Morgan fingerprint density at radius 3 is 3.00 bits per heavy atom. The second kappa shape index (κ2) is 2.82. The quantitative estimate of drug-likeness (QED) is 0.499. The molecule has 1 saturated heterocycles. The van der Waals surface area contributed by atoms with Crippen LogP contribution in [0.2, 0.25) is 0 Å². The Balaban J connectivity index is 2.39. The highest BCUT2D eigenvalue weighted by Crippen LogP contribution is 2.08. The summed E-state index contributed by atoms with van der Waals surface area (Å²) in [5.74, 6) is 0.211. The Morgan fingerprint density at radius 2 is 2.56 bits per heavy atom. The Bertz CT molecular complexity index is 114. The van der Waals surface area contributed by atoms with Crippen molar-refractivity contribution in [1.82, 2.24) is 5.32 Å². The molecule has 3 N–H and O–H groups in total. The van der Waals surface area contributed by atoms with E-state index in [2.05, 4.69) is 5.32 Å². The molecule has 1 amide bonds. The first-order valence-corrected chi connectivity index (χ1v) is 3.32. The van der Waals surface area contributed by atoms with E-state index in [1.54, 1.807) is 0 Å². The van der Waals surface area contributed by atoms with Crippen molar-refractivity contribution in [2.24, 2.45) is 11.7 Å². The third-order valence-electron chi connectivity index (χ3n) is 1.68. The van der Waals surface area contributed by atoms with Gasteiger partial charge in [0.1, 0.15) is 0 Å². The van der Waals surface area contributed by atoms with Gasteiger partial charge in [0.25, 0.3) is 0 Å². The lowest BCUT2D eigenvalue weighted by Crippen LogP contribution is -2.39. The van der Waals surface area contributed by atoms with Crippen molar-refractivity contribution in [2.75, 3.05) is 13.1 Å². The first-order valence-electron chi connectivity index (χ1n) is 3.32. The average molecular weight is 128 g/mol. The van der Waals surface area contributed by atoms with Crippen molar-refractivity contribution >= 4 is 5.91 Å². The van der Waals surface area contributed by atoms with Crippen molar-refractivity contribution in [3.8, 4) is 0 Å². The van der Waals surface area contributed by atoms with Crippen LogP contribution in [0.25, 0.3) is 0 Å². The van der Waals surface area contributed by atoms with Gasteiger partial charge in [0.2, 0.25) is 5.91 Å². The van der Waals surface area contributed by atoms with E-state index < -0.39 is 0 Å². The molecular formula is C6H12N2O. The van der Waals surface area contributed by atoms with Crippen LogP contribution in [-0.2, 0) is 4.79 Å². The van der Waals surface area contributed by atoms with Crippen LogP contribution >= 0.6 is 0 Å². The number of nitrogens with one attached hydrogen (secondary N) is 1. The Hall–Kier alpha value is -0.570. The van der Waals surface area contributed by atoms with E-state index in [1.807, 2.05) is 0 Å². The number of carbonyl (C=O) groups is 1. The van der Waals surface area contributed by atoms with E-state index in [4.69, 9.17) is 5.73 Å². The van der Waals surface area contributed by atoms with Crippen LogP contribution in [0.5, 0.6) is 0 Å². The predicted molar refractivity (Wildman–Crippen MR) is 34.8 cm³/mol. The molecule has 52 valence electrons. The smallest absolute Gasteiger partial charge is 0.224 e. The molecule has 1 aliphatic rings. The summed E-state index contributed by atoms with van der Waals surface area (Å²) in [7, 11) is 0. The maximum atomic E-state index is 10.8. The molecule has 1 rings (SSSR count). The number of rotatable bonds is 1. The fourth-order valence-corrected chi connectivity index (χ4v) is 1.06. The van der Waals surface area contributed by atoms with Gasteiger partial charge in [-0.05, 0) is 12.8 Å². The van der Waals surface area contributed by atoms with Crippen molar-refractivity contribution < 1.29 is 4.79 Å². The van der Waals surface area contributed by atoms with Crippen LogP contribution in [0.3, 0.4) is 0 Å². The molecular weight excluding hydrogens is 116 g/mol. The van der Waals surface area contributed by atoms with Crippen molar-refractivity contribution in [3.05, 3.63) is 0 Å². The van der Waals surface area contributed by atoms with E-state index in [9.17, 15) is 4.79 Å². The summed E-state index contributed by atoms with van der Waals surface area (Å²) in [5, 5.41) is 2.76. The molecule has 0 aliphatic carbocycles. The lowest BCUT2D eigenvalue weighted by Gasteiger charge is -2.19. The Labute approximate surface area is 54.6 Å². The van der Waals surface area contributed by atoms with Gasteiger partial charge in [-0.25, -0.2) is 0 Å². The summed E-state index contributed by atoms with van der Waals surface area (Å²) in [6, 6.07) is 0. The van der Waals surface area contributed by atoms with Gasteiger partial charge in [0.05, 0.1) is 5.92 Å². The highest BCUT2D eigenvalue weighted by Gasteiger charge is 2.19. The largest absolute Gasteiger partial charge is 0.356 e. The van der Waals surface area contributed by atoms with Gasteiger partial charge in [-0.1, -0.05) is 0 Å². The third-order valence-corrected chi connectivity index (χ3v) is 1.68. The number of amides is 1. The second-order valence-corrected chi connectivity index (χ2v) is 2.37. The summed E-state index contributed by atoms with van der Waals surface area (Å²) in [5.41, 5.74) is 5.33. The maximum Gasteiger partial charge on any atom is 0.224 e. The van der Waals surface area contributed by atoms with Crippen LogP contribution in [0.1, 0.15) is 12.8 Å². The molecule has 1 atom stereocenters. The summed E-state index contributed by atoms with van der Waals surface area (Å²) in [4.78, 5) is 10.8. The van der Waals surface area contributed by atoms with E-state index in [0.717, 1.165) is 19.4 Å². The minimum atomic E-state index is 0.0822. The number of hydrogen-bond donors (Lipinski definition) is 2. The first kappa shape index (κ1) is 6.55. The summed E-state index contributed by atoms with van der Waals surface area (Å²) in [6.07, 6.45) is 2.04. The van der Waals surface area contributed by atoms with Crippen LogP contribution in [0.15, 0.2) is 0 Å². The van der Waals surface area contributed by atoms with Crippen LogP contribution in [0.4, 0.5) is 0 Å². The first-order chi connectivity index (χ1) is 4.34. The summed E-state index contributed by atoms with van der Waals surface area (Å²) in [6.45, 7) is 1.32. The zero-order chi connectivity index (χ0) is 6.69. The molecule has 0 bridgehead atoms. The normalized spacial score (nSPS) is 27.7. The van der Waals surface area contributed by atoms with Crippen LogP contribution in [0, 0.1) is 5.92 Å². The Kier molecular flexibility index (Phi) is 2.05. The number of carbonyl (C=O) groups excluding carboxylic acids is 1. The lowest BCUT2D eigenvalue weighted by atomic mass is 9.99. The van der Waals surface area contributed by atoms with Crippen molar-refractivity contribution in [3.63, 3.8) is 0 Å². The molecule has 3 nitrogen and oxygen atoms in total. The number of nitrogens with two attached hydrogens (primary N) is 1. The molecule has 1 fully saturated rings. The zero-order valence-corrected chi connectivity index (χ0v) is 5.39. The van der Waals surface area contributed by atoms with Gasteiger partial charge in [0.15, 0.2) is 0 Å². The van der Waals surface area contributed by atoms with Crippen LogP contribution in [-0.4, -0.2) is 19.0 Å². The molecule has 0 aromatic heterocycles. The van der Waals surface area contributed by atoms with Gasteiger partial charge in [-0.15, -0.1) is 0 Å². The SMILES string of the molecule is NCC1CCCNC1=O. The fourth-order valence-electron chi connectivity index (χ4n) is 1.06. The molecule has 0 aromatic rings. The monoisotopic (exact) mass is 128 g/mol. The highest BCUT2D eigenvalue weighted by molar-refractivity contribution is 5.79. The minimum Gasteiger partial charge on any atom is -0.356 e. The zero-order valence-electron chi connectivity index (χ0n) is 5.39. The molecule has 1 unspecified atom stereocenters. The second-order valence-electron chi connectivity index (χ2n) is 2.37. The topological polar surface area (TPSA) is 55.1 Å². The molecule has 0 spiro atoms. The van der Waals surface area contributed by atoms with Gasteiger partial charge in [-0.3, -0.25) is 4.79 Å². The Morgan fingerprint density at radius 1 is 1.78 bits per heavy atom. The maximum absolute atomic E-state index is 10.8. The summed E-state index contributed by atoms with van der Waals surface area (Å²) >= 11 is 0. The molecule has 0 saturated carbocycles.